The number of methoxy groups -OCH3 is 2. The van der Waals surface area contributed by atoms with Crippen LogP contribution in [0.25, 0.3) is 0 Å². The number of aromatic nitrogens is 1. The fraction of sp³-hybridized carbons (Fsp3) is 0.643. The molecule has 4 nitrogen and oxygen atoms in total. The first kappa shape index (κ1) is 13.3. The highest BCUT2D eigenvalue weighted by Crippen LogP contribution is 2.38. The Morgan fingerprint density at radius 1 is 1.39 bits per heavy atom. The molecule has 1 saturated carbocycles. The summed E-state index contributed by atoms with van der Waals surface area (Å²) in [6, 6.07) is 0. The van der Waals surface area contributed by atoms with Crippen molar-refractivity contribution in [1.82, 2.24) is 4.98 Å². The van der Waals surface area contributed by atoms with Crippen molar-refractivity contribution in [2.24, 2.45) is 0 Å². The minimum absolute atomic E-state index is 0.183. The summed E-state index contributed by atoms with van der Waals surface area (Å²) in [6.07, 6.45) is 3.91. The topological polar surface area (TPSA) is 51.6 Å². The number of aryl methyl sites for hydroxylation is 1. The first-order valence-electron chi connectivity index (χ1n) is 6.23. The highest BCUT2D eigenvalue weighted by atomic mass is 16.5. The van der Waals surface area contributed by atoms with E-state index in [2.05, 4.69) is 4.98 Å². The molecule has 0 unspecified atom stereocenters. The highest BCUT2D eigenvalue weighted by Gasteiger charge is 2.43. The van der Waals surface area contributed by atoms with E-state index in [0.29, 0.717) is 19.3 Å². The molecule has 18 heavy (non-hydrogen) atoms. The lowest BCUT2D eigenvalue weighted by Crippen LogP contribution is -2.49. The maximum atomic E-state index is 10.4. The molecule has 0 saturated heterocycles. The number of ether oxygens (including phenoxy) is 2. The van der Waals surface area contributed by atoms with Gasteiger partial charge in [0.25, 0.3) is 0 Å². The van der Waals surface area contributed by atoms with E-state index in [1.54, 1.807) is 20.4 Å². The molecule has 100 valence electrons. The van der Waals surface area contributed by atoms with E-state index >= 15 is 0 Å². The zero-order valence-electron chi connectivity index (χ0n) is 11.5. The second-order valence-electron chi connectivity index (χ2n) is 5.21. The maximum Gasteiger partial charge on any atom is 0.128 e. The quantitative estimate of drug-likeness (QED) is 0.886. The average Bonchev–Trinajstić information content (AvgIpc) is 2.30. The van der Waals surface area contributed by atoms with Gasteiger partial charge in [-0.15, -0.1) is 0 Å². The monoisotopic (exact) mass is 251 g/mol. The van der Waals surface area contributed by atoms with E-state index in [1.807, 2.05) is 13.8 Å². The van der Waals surface area contributed by atoms with Gasteiger partial charge < -0.3 is 14.6 Å². The van der Waals surface area contributed by atoms with Crippen LogP contribution < -0.4 is 4.74 Å². The summed E-state index contributed by atoms with van der Waals surface area (Å²) in [6.45, 7) is 3.96. The predicted molar refractivity (Wildman–Crippen MR) is 68.9 cm³/mol. The molecule has 1 heterocycles. The van der Waals surface area contributed by atoms with E-state index < -0.39 is 5.60 Å². The molecule has 0 spiro atoms. The van der Waals surface area contributed by atoms with Crippen LogP contribution >= 0.6 is 0 Å². The van der Waals surface area contributed by atoms with Crippen molar-refractivity contribution in [1.29, 1.82) is 0 Å². The molecule has 0 aliphatic heterocycles. The van der Waals surface area contributed by atoms with Crippen molar-refractivity contribution in [3.8, 4) is 5.75 Å². The maximum absolute atomic E-state index is 10.4. The number of hydrogen-bond acceptors (Lipinski definition) is 4. The Kier molecular flexibility index (Phi) is 3.59. The molecule has 0 aromatic carbocycles. The smallest absolute Gasteiger partial charge is 0.128 e. The van der Waals surface area contributed by atoms with E-state index in [-0.39, 0.29) is 6.10 Å². The van der Waals surface area contributed by atoms with Crippen LogP contribution in [-0.2, 0) is 11.2 Å². The minimum Gasteiger partial charge on any atom is -0.496 e. The molecular weight excluding hydrogens is 230 g/mol. The summed E-state index contributed by atoms with van der Waals surface area (Å²) in [5.74, 6) is 0.867. The van der Waals surface area contributed by atoms with Gasteiger partial charge in [0.15, 0.2) is 0 Å². The van der Waals surface area contributed by atoms with Gasteiger partial charge in [-0.2, -0.15) is 0 Å². The van der Waals surface area contributed by atoms with Gasteiger partial charge in [0.2, 0.25) is 0 Å². The van der Waals surface area contributed by atoms with Crippen LogP contribution in [0.3, 0.4) is 0 Å². The molecule has 0 radical (unpaired) electrons. The van der Waals surface area contributed by atoms with Crippen molar-refractivity contribution >= 4 is 0 Å². The van der Waals surface area contributed by atoms with Gasteiger partial charge in [-0.05, 0) is 13.8 Å². The Morgan fingerprint density at radius 3 is 2.61 bits per heavy atom. The van der Waals surface area contributed by atoms with Crippen molar-refractivity contribution < 1.29 is 14.6 Å². The summed E-state index contributed by atoms with van der Waals surface area (Å²) in [5.41, 5.74) is 2.29. The van der Waals surface area contributed by atoms with Crippen LogP contribution in [0.2, 0.25) is 0 Å². The third kappa shape index (κ3) is 2.35. The molecular formula is C14H21NO3. The van der Waals surface area contributed by atoms with Gasteiger partial charge >= 0.3 is 0 Å². The van der Waals surface area contributed by atoms with Gasteiger partial charge in [0, 0.05) is 49.4 Å². The predicted octanol–water partition coefficient (Wildman–Crippen LogP) is 1.79. The number of hydrogen-bond donors (Lipinski definition) is 1. The Labute approximate surface area is 108 Å². The van der Waals surface area contributed by atoms with Crippen LogP contribution in [0.1, 0.15) is 29.7 Å². The summed E-state index contributed by atoms with van der Waals surface area (Å²) < 4.78 is 10.6. The van der Waals surface area contributed by atoms with Crippen molar-refractivity contribution in [2.45, 2.75) is 44.8 Å². The molecule has 2 rings (SSSR count). The van der Waals surface area contributed by atoms with Gasteiger partial charge in [0.1, 0.15) is 5.75 Å². The standard InChI is InChI=1S/C14H21NO3/c1-9-8-15-12(10(2)13(9)18-4)7-14(16)5-11(6-14)17-3/h8,11,16H,5-7H2,1-4H3. The van der Waals surface area contributed by atoms with Crippen LogP contribution in [0.4, 0.5) is 0 Å². The average molecular weight is 251 g/mol. The molecule has 1 aliphatic rings. The molecule has 1 aliphatic carbocycles. The fourth-order valence-corrected chi connectivity index (χ4v) is 2.66. The molecule has 0 amide bonds. The van der Waals surface area contributed by atoms with Gasteiger partial charge in [-0.1, -0.05) is 0 Å². The zero-order chi connectivity index (χ0) is 13.3. The van der Waals surface area contributed by atoms with Crippen LogP contribution in [-0.4, -0.2) is 36.0 Å². The number of aliphatic hydroxyl groups is 1. The van der Waals surface area contributed by atoms with Crippen molar-refractivity contribution in [2.75, 3.05) is 14.2 Å². The Morgan fingerprint density at radius 2 is 2.06 bits per heavy atom. The Balaban J connectivity index is 2.16. The van der Waals surface area contributed by atoms with Gasteiger partial charge in [-0.25, -0.2) is 0 Å². The second-order valence-corrected chi connectivity index (χ2v) is 5.21. The first-order chi connectivity index (χ1) is 8.49. The van der Waals surface area contributed by atoms with Crippen molar-refractivity contribution in [3.63, 3.8) is 0 Å². The number of rotatable bonds is 4. The molecule has 1 aromatic rings. The summed E-state index contributed by atoms with van der Waals surface area (Å²) >= 11 is 0. The SMILES string of the molecule is COc1c(C)cnc(CC2(O)CC(OC)C2)c1C. The van der Waals surface area contributed by atoms with Crippen molar-refractivity contribution in [3.05, 3.63) is 23.0 Å². The summed E-state index contributed by atoms with van der Waals surface area (Å²) in [5, 5.41) is 10.4. The molecule has 0 atom stereocenters. The normalized spacial score (nSPS) is 26.8. The Bertz CT molecular complexity index is 439. The molecule has 1 aromatic heterocycles. The fourth-order valence-electron chi connectivity index (χ4n) is 2.66. The summed E-state index contributed by atoms with van der Waals surface area (Å²) in [7, 11) is 3.35. The summed E-state index contributed by atoms with van der Waals surface area (Å²) in [4.78, 5) is 4.42. The molecule has 4 heteroatoms. The lowest BCUT2D eigenvalue weighted by atomic mass is 9.74. The first-order valence-corrected chi connectivity index (χ1v) is 6.23. The minimum atomic E-state index is -0.668. The second kappa shape index (κ2) is 4.86. The van der Waals surface area contributed by atoms with E-state index in [9.17, 15) is 5.11 Å². The van der Waals surface area contributed by atoms with Gasteiger partial charge in [-0.3, -0.25) is 4.98 Å². The van der Waals surface area contributed by atoms with E-state index in [4.69, 9.17) is 9.47 Å². The van der Waals surface area contributed by atoms with Crippen LogP contribution in [0.15, 0.2) is 6.20 Å². The molecule has 1 N–H and O–H groups in total. The lowest BCUT2D eigenvalue weighted by Gasteiger charge is -2.42. The van der Waals surface area contributed by atoms with Gasteiger partial charge in [0.05, 0.1) is 18.8 Å². The molecule has 1 fully saturated rings. The largest absolute Gasteiger partial charge is 0.496 e. The lowest BCUT2D eigenvalue weighted by molar-refractivity contribution is -0.126. The third-order valence-corrected chi connectivity index (χ3v) is 3.79. The number of pyridine rings is 1. The molecule has 0 bridgehead atoms. The third-order valence-electron chi connectivity index (χ3n) is 3.79. The zero-order valence-corrected chi connectivity index (χ0v) is 11.5. The van der Waals surface area contributed by atoms with Crippen LogP contribution in [0, 0.1) is 13.8 Å². The van der Waals surface area contributed by atoms with E-state index in [1.165, 1.54) is 0 Å². The highest BCUT2D eigenvalue weighted by molar-refractivity contribution is 5.41. The van der Waals surface area contributed by atoms with E-state index in [0.717, 1.165) is 22.6 Å². The van der Waals surface area contributed by atoms with Crippen LogP contribution in [0.5, 0.6) is 5.75 Å². The number of nitrogens with zero attached hydrogens (tertiary/aromatic N) is 1. The Hall–Kier alpha value is -1.13.